The molecule has 22 heavy (non-hydrogen) atoms. The van der Waals surface area contributed by atoms with E-state index in [9.17, 15) is 14.7 Å². The number of fused-ring (bicyclic) bond motifs is 1. The Bertz CT molecular complexity index is 725. The lowest BCUT2D eigenvalue weighted by Crippen LogP contribution is -2.24. The van der Waals surface area contributed by atoms with Crippen LogP contribution in [-0.2, 0) is 19.4 Å². The zero-order chi connectivity index (χ0) is 15.7. The van der Waals surface area contributed by atoms with Gasteiger partial charge in [0.2, 0.25) is 0 Å². The molecule has 2 aromatic heterocycles. The second kappa shape index (κ2) is 5.71. The molecule has 1 aliphatic carbocycles. The van der Waals surface area contributed by atoms with Gasteiger partial charge in [-0.25, -0.2) is 0 Å². The lowest BCUT2D eigenvalue weighted by atomic mass is 9.94. The Balaban J connectivity index is 1.72. The zero-order valence-corrected chi connectivity index (χ0v) is 12.2. The molecule has 0 atom stereocenters. The minimum absolute atomic E-state index is 0.0406. The Morgan fingerprint density at radius 3 is 2.82 bits per heavy atom. The molecule has 0 fully saturated rings. The molecular weight excluding hydrogens is 286 g/mol. The monoisotopic (exact) mass is 302 g/mol. The second-order valence-corrected chi connectivity index (χ2v) is 5.41. The van der Waals surface area contributed by atoms with Crippen molar-refractivity contribution in [1.29, 1.82) is 0 Å². The molecule has 1 aliphatic rings. The smallest absolute Gasteiger partial charge is 0.255 e. The van der Waals surface area contributed by atoms with Gasteiger partial charge >= 0.3 is 0 Å². The van der Waals surface area contributed by atoms with Crippen molar-refractivity contribution in [2.45, 2.75) is 39.2 Å². The van der Waals surface area contributed by atoms with Gasteiger partial charge in [0.15, 0.2) is 0 Å². The Morgan fingerprint density at radius 1 is 1.32 bits per heavy atom. The van der Waals surface area contributed by atoms with E-state index in [1.807, 2.05) is 0 Å². The predicted molar refractivity (Wildman–Crippen MR) is 74.3 cm³/mol. The van der Waals surface area contributed by atoms with Crippen LogP contribution in [0.15, 0.2) is 21.2 Å². The maximum atomic E-state index is 12.4. The van der Waals surface area contributed by atoms with Gasteiger partial charge in [0, 0.05) is 17.5 Å². The van der Waals surface area contributed by atoms with Crippen LogP contribution in [0.25, 0.3) is 0 Å². The first-order chi connectivity index (χ1) is 10.6. The first-order valence-electron chi connectivity index (χ1n) is 7.24. The topological polar surface area (TPSA) is 95.5 Å². The predicted octanol–water partition coefficient (Wildman–Crippen LogP) is 1.35. The van der Waals surface area contributed by atoms with E-state index in [1.54, 1.807) is 6.92 Å². The summed E-state index contributed by atoms with van der Waals surface area (Å²) in [7, 11) is 0. The van der Waals surface area contributed by atoms with Crippen molar-refractivity contribution in [3.63, 3.8) is 0 Å². The molecule has 2 aromatic rings. The SMILES string of the molecule is Cc1oc2c(c1C(=O)NCc1cc(C(=O)[O-])co1)CCCC2. The van der Waals surface area contributed by atoms with Crippen LogP contribution in [0.1, 0.15) is 56.4 Å². The molecule has 0 spiro atoms. The summed E-state index contributed by atoms with van der Waals surface area (Å²) in [5.74, 6) is 0.366. The first kappa shape index (κ1) is 14.4. The van der Waals surface area contributed by atoms with Crippen molar-refractivity contribution < 1.29 is 23.5 Å². The zero-order valence-electron chi connectivity index (χ0n) is 12.2. The standard InChI is InChI=1S/C16H17NO5/c1-9-14(12-4-2-3-5-13(12)22-9)15(18)17-7-11-6-10(8-21-11)16(19)20/h6,8H,2-5,7H2,1H3,(H,17,18)(H,19,20)/p-1. The molecule has 0 aromatic carbocycles. The number of furan rings is 2. The number of aromatic carboxylic acids is 1. The summed E-state index contributed by atoms with van der Waals surface area (Å²) in [6.07, 6.45) is 4.96. The van der Waals surface area contributed by atoms with Gasteiger partial charge in [-0.15, -0.1) is 0 Å². The van der Waals surface area contributed by atoms with Gasteiger partial charge in [-0.2, -0.15) is 0 Å². The number of carbonyl (C=O) groups excluding carboxylic acids is 2. The van der Waals surface area contributed by atoms with E-state index >= 15 is 0 Å². The summed E-state index contributed by atoms with van der Waals surface area (Å²) < 4.78 is 10.8. The molecule has 116 valence electrons. The van der Waals surface area contributed by atoms with Gasteiger partial charge in [0.25, 0.3) is 5.91 Å². The van der Waals surface area contributed by atoms with E-state index in [0.717, 1.165) is 43.3 Å². The molecule has 2 heterocycles. The van der Waals surface area contributed by atoms with Gasteiger partial charge in [-0.1, -0.05) is 0 Å². The fourth-order valence-corrected chi connectivity index (χ4v) is 2.84. The van der Waals surface area contributed by atoms with Gasteiger partial charge < -0.3 is 24.1 Å². The molecule has 0 radical (unpaired) electrons. The Kier molecular flexibility index (Phi) is 3.75. The minimum Gasteiger partial charge on any atom is -0.545 e. The van der Waals surface area contributed by atoms with Crippen molar-refractivity contribution in [1.82, 2.24) is 5.32 Å². The molecule has 0 unspecified atom stereocenters. The largest absolute Gasteiger partial charge is 0.545 e. The highest BCUT2D eigenvalue weighted by Gasteiger charge is 2.25. The van der Waals surface area contributed by atoms with Crippen LogP contribution < -0.4 is 10.4 Å². The maximum absolute atomic E-state index is 12.4. The number of rotatable bonds is 4. The van der Waals surface area contributed by atoms with Gasteiger partial charge in [-0.3, -0.25) is 4.79 Å². The number of carboxylic acid groups (broad SMARTS) is 1. The number of hydrogen-bond donors (Lipinski definition) is 1. The summed E-state index contributed by atoms with van der Waals surface area (Å²) in [5, 5.41) is 13.4. The highest BCUT2D eigenvalue weighted by Crippen LogP contribution is 2.29. The Morgan fingerprint density at radius 2 is 2.09 bits per heavy atom. The molecule has 3 rings (SSSR count). The van der Waals surface area contributed by atoms with Crippen molar-refractivity contribution >= 4 is 11.9 Å². The third-order valence-corrected chi connectivity index (χ3v) is 3.89. The van der Waals surface area contributed by atoms with E-state index in [1.165, 1.54) is 6.07 Å². The minimum atomic E-state index is -1.30. The number of aryl methyl sites for hydroxylation is 2. The van der Waals surface area contributed by atoms with E-state index < -0.39 is 5.97 Å². The molecule has 0 aliphatic heterocycles. The van der Waals surface area contributed by atoms with Gasteiger partial charge in [-0.05, 0) is 32.3 Å². The summed E-state index contributed by atoms with van der Waals surface area (Å²) in [4.78, 5) is 23.0. The fourth-order valence-electron chi connectivity index (χ4n) is 2.84. The van der Waals surface area contributed by atoms with Crippen LogP contribution in [0.5, 0.6) is 0 Å². The first-order valence-corrected chi connectivity index (χ1v) is 7.24. The van der Waals surface area contributed by atoms with E-state index in [-0.39, 0.29) is 18.0 Å². The third-order valence-electron chi connectivity index (χ3n) is 3.89. The van der Waals surface area contributed by atoms with Crippen molar-refractivity contribution in [2.75, 3.05) is 0 Å². The summed E-state index contributed by atoms with van der Waals surface area (Å²) in [6.45, 7) is 1.90. The van der Waals surface area contributed by atoms with Gasteiger partial charge in [0.1, 0.15) is 17.3 Å². The summed E-state index contributed by atoms with van der Waals surface area (Å²) >= 11 is 0. The quantitative estimate of drug-likeness (QED) is 0.919. The molecule has 0 saturated heterocycles. The highest BCUT2D eigenvalue weighted by molar-refractivity contribution is 5.97. The van der Waals surface area contributed by atoms with Crippen LogP contribution in [0, 0.1) is 6.92 Å². The Labute approximate surface area is 127 Å². The molecule has 6 nitrogen and oxygen atoms in total. The van der Waals surface area contributed by atoms with Crippen LogP contribution in [0.2, 0.25) is 0 Å². The number of carbonyl (C=O) groups is 2. The normalized spacial score (nSPS) is 13.7. The average molecular weight is 302 g/mol. The maximum Gasteiger partial charge on any atom is 0.255 e. The van der Waals surface area contributed by atoms with Crippen molar-refractivity contribution in [2.24, 2.45) is 0 Å². The van der Waals surface area contributed by atoms with E-state index in [4.69, 9.17) is 8.83 Å². The fraction of sp³-hybridized carbons (Fsp3) is 0.375. The number of carboxylic acids is 1. The Hall–Kier alpha value is -2.50. The lowest BCUT2D eigenvalue weighted by Gasteiger charge is -2.10. The van der Waals surface area contributed by atoms with Crippen LogP contribution in [0.4, 0.5) is 0 Å². The molecule has 0 bridgehead atoms. The molecular formula is C16H16NO5-. The average Bonchev–Trinajstić information content (AvgIpc) is 3.08. The van der Waals surface area contributed by atoms with Crippen molar-refractivity contribution in [3.8, 4) is 0 Å². The van der Waals surface area contributed by atoms with E-state index in [0.29, 0.717) is 17.1 Å². The van der Waals surface area contributed by atoms with Gasteiger partial charge in [0.05, 0.1) is 24.3 Å². The van der Waals surface area contributed by atoms with E-state index in [2.05, 4.69) is 5.32 Å². The second-order valence-electron chi connectivity index (χ2n) is 5.41. The molecule has 1 N–H and O–H groups in total. The van der Waals surface area contributed by atoms with Crippen molar-refractivity contribution in [3.05, 3.63) is 46.3 Å². The highest BCUT2D eigenvalue weighted by atomic mass is 16.4. The van der Waals surface area contributed by atoms with Crippen LogP contribution in [-0.4, -0.2) is 11.9 Å². The summed E-state index contributed by atoms with van der Waals surface area (Å²) in [6, 6.07) is 1.34. The molecule has 1 amide bonds. The summed E-state index contributed by atoms with van der Waals surface area (Å²) in [5.41, 5.74) is 1.55. The third kappa shape index (κ3) is 2.64. The molecule has 0 saturated carbocycles. The number of amides is 1. The lowest BCUT2D eigenvalue weighted by molar-refractivity contribution is -0.255. The molecule has 6 heteroatoms. The number of hydrogen-bond acceptors (Lipinski definition) is 5. The number of nitrogens with one attached hydrogen (secondary N) is 1. The van der Waals surface area contributed by atoms with Crippen LogP contribution in [0.3, 0.4) is 0 Å². The van der Waals surface area contributed by atoms with Crippen LogP contribution >= 0.6 is 0 Å².